The summed E-state index contributed by atoms with van der Waals surface area (Å²) in [6.45, 7) is 11.1. The van der Waals surface area contributed by atoms with Gasteiger partial charge in [0.15, 0.2) is 0 Å². The molecule has 1 aliphatic carbocycles. The van der Waals surface area contributed by atoms with E-state index >= 15 is 0 Å². The molecule has 1 unspecified atom stereocenters. The molecular formula is C12H23N. The van der Waals surface area contributed by atoms with Crippen molar-refractivity contribution in [2.75, 3.05) is 19.6 Å². The van der Waals surface area contributed by atoms with E-state index in [0.29, 0.717) is 0 Å². The molecule has 0 radical (unpaired) electrons. The summed E-state index contributed by atoms with van der Waals surface area (Å²) in [6.07, 6.45) is 4.49. The first-order valence-corrected chi connectivity index (χ1v) is 5.90. The highest BCUT2D eigenvalue weighted by Crippen LogP contribution is 2.52. The molecule has 0 aromatic carbocycles. The van der Waals surface area contributed by atoms with Crippen LogP contribution in [0.3, 0.4) is 0 Å². The highest BCUT2D eigenvalue weighted by Gasteiger charge is 2.51. The third-order valence-corrected chi connectivity index (χ3v) is 4.31. The topological polar surface area (TPSA) is 3.24 Å². The summed E-state index contributed by atoms with van der Waals surface area (Å²) < 4.78 is 0. The van der Waals surface area contributed by atoms with Crippen LogP contribution in [0.25, 0.3) is 0 Å². The average molecular weight is 181 g/mol. The van der Waals surface area contributed by atoms with Gasteiger partial charge in [0.05, 0.1) is 0 Å². The Morgan fingerprint density at radius 1 is 1.38 bits per heavy atom. The molecule has 1 heterocycles. The third kappa shape index (κ3) is 1.41. The fraction of sp³-hybridized carbons (Fsp3) is 1.00. The number of nitrogens with zero attached hydrogens (tertiary/aromatic N) is 1. The zero-order valence-corrected chi connectivity index (χ0v) is 9.34. The second-order valence-electron chi connectivity index (χ2n) is 5.41. The molecule has 1 spiro atoms. The van der Waals surface area contributed by atoms with Crippen LogP contribution in [-0.4, -0.2) is 24.5 Å². The molecule has 76 valence electrons. The lowest BCUT2D eigenvalue weighted by molar-refractivity contribution is -0.0401. The van der Waals surface area contributed by atoms with Crippen LogP contribution in [0.1, 0.15) is 40.0 Å². The van der Waals surface area contributed by atoms with Gasteiger partial charge in [-0.05, 0) is 36.6 Å². The predicted octanol–water partition coefficient (Wildman–Crippen LogP) is 2.76. The van der Waals surface area contributed by atoms with Crippen LogP contribution in [0.5, 0.6) is 0 Å². The normalized spacial score (nSPS) is 32.8. The molecule has 1 heteroatoms. The van der Waals surface area contributed by atoms with Gasteiger partial charge in [-0.3, -0.25) is 0 Å². The van der Waals surface area contributed by atoms with Crippen molar-refractivity contribution in [3.63, 3.8) is 0 Å². The number of rotatable bonds is 2. The van der Waals surface area contributed by atoms with Gasteiger partial charge in [-0.25, -0.2) is 0 Å². The van der Waals surface area contributed by atoms with E-state index in [-0.39, 0.29) is 0 Å². The van der Waals surface area contributed by atoms with Gasteiger partial charge in [0.25, 0.3) is 0 Å². The van der Waals surface area contributed by atoms with Gasteiger partial charge in [-0.15, -0.1) is 0 Å². The van der Waals surface area contributed by atoms with Gasteiger partial charge in [0, 0.05) is 13.1 Å². The minimum absolute atomic E-state index is 0.754. The summed E-state index contributed by atoms with van der Waals surface area (Å²) in [5.41, 5.74) is 0.754. The molecule has 2 rings (SSSR count). The van der Waals surface area contributed by atoms with Crippen molar-refractivity contribution < 1.29 is 0 Å². The molecule has 0 bridgehead atoms. The van der Waals surface area contributed by atoms with E-state index in [4.69, 9.17) is 0 Å². The molecule has 1 atom stereocenters. The Labute approximate surface area is 82.5 Å². The smallest absolute Gasteiger partial charge is 0.00531 e. The SMILES string of the molecule is CCN1CC2(CCCC2C(C)C)C1. The second kappa shape index (κ2) is 3.27. The highest BCUT2D eigenvalue weighted by molar-refractivity contribution is 5.03. The first-order valence-electron chi connectivity index (χ1n) is 5.90. The van der Waals surface area contributed by atoms with Gasteiger partial charge in [0.1, 0.15) is 0 Å². The Kier molecular flexibility index (Phi) is 2.39. The summed E-state index contributed by atoms with van der Waals surface area (Å²) in [4.78, 5) is 2.60. The zero-order chi connectivity index (χ0) is 9.47. The maximum atomic E-state index is 2.60. The molecule has 0 aromatic rings. The number of likely N-dealkylation sites (tertiary alicyclic amines) is 1. The van der Waals surface area contributed by atoms with E-state index in [2.05, 4.69) is 25.7 Å². The lowest BCUT2D eigenvalue weighted by Crippen LogP contribution is -2.58. The van der Waals surface area contributed by atoms with E-state index in [1.807, 2.05) is 0 Å². The summed E-state index contributed by atoms with van der Waals surface area (Å²) in [6, 6.07) is 0. The predicted molar refractivity (Wildman–Crippen MR) is 56.7 cm³/mol. The molecule has 0 N–H and O–H groups in total. The van der Waals surface area contributed by atoms with Crippen molar-refractivity contribution in [3.05, 3.63) is 0 Å². The van der Waals surface area contributed by atoms with E-state index in [1.54, 1.807) is 0 Å². The second-order valence-corrected chi connectivity index (χ2v) is 5.41. The van der Waals surface area contributed by atoms with Crippen molar-refractivity contribution in [2.45, 2.75) is 40.0 Å². The summed E-state index contributed by atoms with van der Waals surface area (Å²) in [5.74, 6) is 1.93. The van der Waals surface area contributed by atoms with Crippen LogP contribution in [0, 0.1) is 17.3 Å². The third-order valence-electron chi connectivity index (χ3n) is 4.31. The number of hydrogen-bond donors (Lipinski definition) is 0. The largest absolute Gasteiger partial charge is 0.302 e. The van der Waals surface area contributed by atoms with Crippen LogP contribution in [0.4, 0.5) is 0 Å². The molecule has 2 fully saturated rings. The molecule has 1 nitrogen and oxygen atoms in total. The zero-order valence-electron chi connectivity index (χ0n) is 9.34. The van der Waals surface area contributed by atoms with Gasteiger partial charge in [-0.2, -0.15) is 0 Å². The van der Waals surface area contributed by atoms with Gasteiger partial charge in [-0.1, -0.05) is 27.2 Å². The molecule has 1 saturated carbocycles. The average Bonchev–Trinajstić information content (AvgIpc) is 2.44. The molecule has 0 amide bonds. The van der Waals surface area contributed by atoms with Gasteiger partial charge >= 0.3 is 0 Å². The van der Waals surface area contributed by atoms with Crippen molar-refractivity contribution in [3.8, 4) is 0 Å². The van der Waals surface area contributed by atoms with Crippen LogP contribution < -0.4 is 0 Å². The van der Waals surface area contributed by atoms with E-state index in [0.717, 1.165) is 17.3 Å². The van der Waals surface area contributed by atoms with Crippen molar-refractivity contribution in [1.29, 1.82) is 0 Å². The summed E-state index contributed by atoms with van der Waals surface area (Å²) in [7, 11) is 0. The lowest BCUT2D eigenvalue weighted by Gasteiger charge is -2.52. The highest BCUT2D eigenvalue weighted by atomic mass is 15.2. The molecule has 1 saturated heterocycles. The van der Waals surface area contributed by atoms with Crippen molar-refractivity contribution in [1.82, 2.24) is 4.90 Å². The quantitative estimate of drug-likeness (QED) is 0.633. The summed E-state index contributed by atoms with van der Waals surface area (Å²) in [5, 5.41) is 0. The van der Waals surface area contributed by atoms with Crippen LogP contribution in [-0.2, 0) is 0 Å². The number of hydrogen-bond acceptors (Lipinski definition) is 1. The van der Waals surface area contributed by atoms with Gasteiger partial charge < -0.3 is 4.90 Å². The molecule has 1 aliphatic heterocycles. The van der Waals surface area contributed by atoms with E-state index in [1.165, 1.54) is 38.9 Å². The minimum atomic E-state index is 0.754. The Hall–Kier alpha value is -0.0400. The standard InChI is InChI=1S/C12H23N/c1-4-13-8-12(9-13)7-5-6-11(12)10(2)3/h10-11H,4-9H2,1-3H3. The Bertz CT molecular complexity index is 180. The maximum absolute atomic E-state index is 2.60. The lowest BCUT2D eigenvalue weighted by atomic mass is 9.67. The van der Waals surface area contributed by atoms with Gasteiger partial charge in [0.2, 0.25) is 0 Å². The van der Waals surface area contributed by atoms with E-state index < -0.39 is 0 Å². The summed E-state index contributed by atoms with van der Waals surface area (Å²) >= 11 is 0. The monoisotopic (exact) mass is 181 g/mol. The van der Waals surface area contributed by atoms with Crippen LogP contribution in [0.2, 0.25) is 0 Å². The molecule has 0 aromatic heterocycles. The van der Waals surface area contributed by atoms with Crippen LogP contribution in [0.15, 0.2) is 0 Å². The fourth-order valence-corrected chi connectivity index (χ4v) is 3.67. The first-order chi connectivity index (χ1) is 6.18. The fourth-order valence-electron chi connectivity index (χ4n) is 3.67. The molecule has 13 heavy (non-hydrogen) atoms. The minimum Gasteiger partial charge on any atom is -0.302 e. The Morgan fingerprint density at radius 3 is 2.62 bits per heavy atom. The maximum Gasteiger partial charge on any atom is 0.00531 e. The first kappa shape index (κ1) is 9.51. The molecule has 2 aliphatic rings. The molecular weight excluding hydrogens is 158 g/mol. The van der Waals surface area contributed by atoms with Crippen LogP contribution >= 0.6 is 0 Å². The Balaban J connectivity index is 1.99. The van der Waals surface area contributed by atoms with Crippen molar-refractivity contribution in [2.24, 2.45) is 17.3 Å². The van der Waals surface area contributed by atoms with E-state index in [9.17, 15) is 0 Å². The Morgan fingerprint density at radius 2 is 2.08 bits per heavy atom. The van der Waals surface area contributed by atoms with Crippen molar-refractivity contribution >= 4 is 0 Å².